The summed E-state index contributed by atoms with van der Waals surface area (Å²) in [7, 11) is 0. The van der Waals surface area contributed by atoms with Gasteiger partial charge in [-0.15, -0.1) is 0 Å². The maximum atomic E-state index is 5.91. The molecule has 1 N–H and O–H groups in total. The van der Waals surface area contributed by atoms with E-state index in [2.05, 4.69) is 39.1 Å². The molecule has 2 rings (SSSR count). The standard InChI is InChI=1S/C11H15ClN6S/c1-3-19-6-8(2)14-10-15-9(12)16-11(17-10)18-5-4-13-7-18/h4-5,7-8H,3,6H2,1-2H3,(H,14,15,16,17). The van der Waals surface area contributed by atoms with Crippen LogP contribution in [0.4, 0.5) is 5.95 Å². The van der Waals surface area contributed by atoms with Crippen LogP contribution in [0.2, 0.25) is 5.28 Å². The van der Waals surface area contributed by atoms with Crippen molar-refractivity contribution in [2.75, 3.05) is 16.8 Å². The van der Waals surface area contributed by atoms with Gasteiger partial charge in [-0.25, -0.2) is 4.98 Å². The van der Waals surface area contributed by atoms with Crippen molar-refractivity contribution in [2.24, 2.45) is 0 Å². The maximum absolute atomic E-state index is 5.91. The van der Waals surface area contributed by atoms with Crippen molar-refractivity contribution in [1.29, 1.82) is 0 Å². The lowest BCUT2D eigenvalue weighted by atomic mass is 10.4. The lowest BCUT2D eigenvalue weighted by Crippen LogP contribution is -2.20. The molecule has 0 saturated carbocycles. The predicted octanol–water partition coefficient (Wildman–Crippen LogP) is 2.26. The van der Waals surface area contributed by atoms with E-state index in [1.54, 1.807) is 23.3 Å². The van der Waals surface area contributed by atoms with Crippen LogP contribution in [0.1, 0.15) is 13.8 Å². The number of hydrogen-bond acceptors (Lipinski definition) is 6. The van der Waals surface area contributed by atoms with Crippen molar-refractivity contribution >= 4 is 29.3 Å². The number of nitrogens with zero attached hydrogens (tertiary/aromatic N) is 5. The van der Waals surface area contributed by atoms with Crippen LogP contribution in [-0.4, -0.2) is 42.1 Å². The second-order valence-corrected chi connectivity index (χ2v) is 5.56. The van der Waals surface area contributed by atoms with Gasteiger partial charge < -0.3 is 5.32 Å². The summed E-state index contributed by atoms with van der Waals surface area (Å²) in [4.78, 5) is 16.4. The number of rotatable bonds is 6. The zero-order chi connectivity index (χ0) is 13.7. The highest BCUT2D eigenvalue weighted by molar-refractivity contribution is 7.99. The maximum Gasteiger partial charge on any atom is 0.241 e. The summed E-state index contributed by atoms with van der Waals surface area (Å²) >= 11 is 7.77. The Kier molecular flexibility index (Phi) is 4.98. The first-order chi connectivity index (χ1) is 9.19. The molecule has 19 heavy (non-hydrogen) atoms. The molecule has 0 amide bonds. The van der Waals surface area contributed by atoms with Crippen molar-refractivity contribution in [3.8, 4) is 5.95 Å². The summed E-state index contributed by atoms with van der Waals surface area (Å²) < 4.78 is 1.68. The molecule has 0 fully saturated rings. The molecule has 0 saturated heterocycles. The first-order valence-corrected chi connectivity index (χ1v) is 7.46. The zero-order valence-electron chi connectivity index (χ0n) is 10.7. The van der Waals surface area contributed by atoms with E-state index in [1.807, 2.05) is 11.8 Å². The van der Waals surface area contributed by atoms with Gasteiger partial charge in [0.05, 0.1) is 0 Å². The molecule has 0 spiro atoms. The van der Waals surface area contributed by atoms with Crippen LogP contribution in [0.3, 0.4) is 0 Å². The van der Waals surface area contributed by atoms with Crippen LogP contribution in [0.15, 0.2) is 18.7 Å². The normalized spacial score (nSPS) is 12.4. The molecule has 0 bridgehead atoms. The summed E-state index contributed by atoms with van der Waals surface area (Å²) in [5, 5.41) is 3.38. The van der Waals surface area contributed by atoms with Gasteiger partial charge >= 0.3 is 0 Å². The number of anilines is 1. The Morgan fingerprint density at radius 3 is 2.95 bits per heavy atom. The van der Waals surface area contributed by atoms with Gasteiger partial charge in [0.25, 0.3) is 0 Å². The lowest BCUT2D eigenvalue weighted by Gasteiger charge is -2.13. The van der Waals surface area contributed by atoms with Crippen molar-refractivity contribution in [2.45, 2.75) is 19.9 Å². The van der Waals surface area contributed by atoms with E-state index in [9.17, 15) is 0 Å². The molecule has 1 atom stereocenters. The van der Waals surface area contributed by atoms with Gasteiger partial charge in [-0.3, -0.25) is 4.57 Å². The van der Waals surface area contributed by atoms with Gasteiger partial charge in [0.1, 0.15) is 6.33 Å². The largest absolute Gasteiger partial charge is 0.351 e. The zero-order valence-corrected chi connectivity index (χ0v) is 12.3. The third kappa shape index (κ3) is 4.07. The summed E-state index contributed by atoms with van der Waals surface area (Å²) in [5.74, 6) is 3.01. The summed E-state index contributed by atoms with van der Waals surface area (Å²) in [6.45, 7) is 4.21. The van der Waals surface area contributed by atoms with Crippen LogP contribution in [-0.2, 0) is 0 Å². The molecule has 0 aliphatic heterocycles. The molecule has 8 heteroatoms. The predicted molar refractivity (Wildman–Crippen MR) is 78.0 cm³/mol. The fourth-order valence-electron chi connectivity index (χ4n) is 1.45. The highest BCUT2D eigenvalue weighted by Gasteiger charge is 2.09. The average Bonchev–Trinajstić information content (AvgIpc) is 2.89. The topological polar surface area (TPSA) is 68.5 Å². The van der Waals surface area contributed by atoms with Crippen molar-refractivity contribution in [1.82, 2.24) is 24.5 Å². The molecular weight excluding hydrogens is 284 g/mol. The number of halogens is 1. The van der Waals surface area contributed by atoms with Crippen LogP contribution < -0.4 is 5.32 Å². The number of hydrogen-bond donors (Lipinski definition) is 1. The molecular formula is C11H15ClN6S. The summed E-state index contributed by atoms with van der Waals surface area (Å²) in [5.41, 5.74) is 0. The highest BCUT2D eigenvalue weighted by atomic mass is 35.5. The molecule has 1 unspecified atom stereocenters. The van der Waals surface area contributed by atoms with Crippen molar-refractivity contribution in [3.63, 3.8) is 0 Å². The Balaban J connectivity index is 2.13. The van der Waals surface area contributed by atoms with E-state index in [0.717, 1.165) is 11.5 Å². The Bertz CT molecular complexity index is 518. The molecule has 2 aromatic heterocycles. The van der Waals surface area contributed by atoms with Gasteiger partial charge in [0, 0.05) is 24.2 Å². The summed E-state index contributed by atoms with van der Waals surface area (Å²) in [6.07, 6.45) is 5.03. The number of imidazole rings is 1. The SMILES string of the molecule is CCSCC(C)Nc1nc(Cl)nc(-n2ccnc2)n1. The molecule has 2 aromatic rings. The first-order valence-electron chi connectivity index (χ1n) is 5.93. The van der Waals surface area contributed by atoms with Crippen LogP contribution in [0.5, 0.6) is 0 Å². The molecule has 102 valence electrons. The second-order valence-electron chi connectivity index (χ2n) is 3.90. The molecule has 2 heterocycles. The van der Waals surface area contributed by atoms with Crippen LogP contribution in [0.25, 0.3) is 5.95 Å². The minimum atomic E-state index is 0.163. The van der Waals surface area contributed by atoms with E-state index >= 15 is 0 Å². The minimum absolute atomic E-state index is 0.163. The molecule has 0 aromatic carbocycles. The van der Waals surface area contributed by atoms with E-state index < -0.39 is 0 Å². The Labute approximate surface area is 121 Å². The van der Waals surface area contributed by atoms with Crippen LogP contribution >= 0.6 is 23.4 Å². The van der Waals surface area contributed by atoms with Gasteiger partial charge in [-0.1, -0.05) is 6.92 Å². The lowest BCUT2D eigenvalue weighted by molar-refractivity contribution is 0.849. The Hall–Kier alpha value is -1.34. The minimum Gasteiger partial charge on any atom is -0.351 e. The molecule has 6 nitrogen and oxygen atoms in total. The molecule has 0 aliphatic carbocycles. The average molecular weight is 299 g/mol. The van der Waals surface area contributed by atoms with E-state index in [0.29, 0.717) is 11.9 Å². The quantitative estimate of drug-likeness (QED) is 0.882. The van der Waals surface area contributed by atoms with Gasteiger partial charge in [0.15, 0.2) is 0 Å². The van der Waals surface area contributed by atoms with Crippen LogP contribution in [0, 0.1) is 0 Å². The Morgan fingerprint density at radius 1 is 1.42 bits per heavy atom. The van der Waals surface area contributed by atoms with Gasteiger partial charge in [-0.05, 0) is 24.3 Å². The smallest absolute Gasteiger partial charge is 0.241 e. The van der Waals surface area contributed by atoms with Crippen molar-refractivity contribution < 1.29 is 0 Å². The van der Waals surface area contributed by atoms with E-state index in [1.165, 1.54) is 0 Å². The number of aromatic nitrogens is 5. The van der Waals surface area contributed by atoms with Gasteiger partial charge in [0.2, 0.25) is 17.2 Å². The number of nitrogens with one attached hydrogen (secondary N) is 1. The Morgan fingerprint density at radius 2 is 2.26 bits per heavy atom. The van der Waals surface area contributed by atoms with Gasteiger partial charge in [-0.2, -0.15) is 26.7 Å². The third-order valence-electron chi connectivity index (χ3n) is 2.28. The van der Waals surface area contributed by atoms with E-state index in [4.69, 9.17) is 11.6 Å². The molecule has 0 radical (unpaired) electrons. The molecule has 0 aliphatic rings. The second kappa shape index (κ2) is 6.72. The highest BCUT2D eigenvalue weighted by Crippen LogP contribution is 2.11. The monoisotopic (exact) mass is 298 g/mol. The van der Waals surface area contributed by atoms with E-state index in [-0.39, 0.29) is 11.3 Å². The summed E-state index contributed by atoms with van der Waals surface area (Å²) in [6, 6.07) is 0.263. The first kappa shape index (κ1) is 14.1. The van der Waals surface area contributed by atoms with Crippen molar-refractivity contribution in [3.05, 3.63) is 24.0 Å². The fraction of sp³-hybridized carbons (Fsp3) is 0.455. The number of thioether (sulfide) groups is 1. The fourth-order valence-corrected chi connectivity index (χ4v) is 2.28. The third-order valence-corrected chi connectivity index (χ3v) is 3.59.